The van der Waals surface area contributed by atoms with E-state index in [1.807, 2.05) is 32.0 Å². The zero-order valence-electron chi connectivity index (χ0n) is 12.1. The second-order valence-electron chi connectivity index (χ2n) is 5.05. The highest BCUT2D eigenvalue weighted by Gasteiger charge is 2.15. The van der Waals surface area contributed by atoms with Crippen LogP contribution >= 0.6 is 11.6 Å². The van der Waals surface area contributed by atoms with Crippen LogP contribution in [0.2, 0.25) is 5.02 Å². The Bertz CT molecular complexity index is 608. The fourth-order valence-electron chi connectivity index (χ4n) is 2.50. The Balaban J connectivity index is 2.32. The van der Waals surface area contributed by atoms with Crippen molar-refractivity contribution in [2.45, 2.75) is 26.3 Å². The van der Waals surface area contributed by atoms with Crippen molar-refractivity contribution in [3.63, 3.8) is 0 Å². The minimum Gasteiger partial charge on any atom is -0.310 e. The quantitative estimate of drug-likeness (QED) is 0.835. The zero-order valence-corrected chi connectivity index (χ0v) is 12.8. The number of halogens is 3. The van der Waals surface area contributed by atoms with Crippen molar-refractivity contribution in [1.29, 1.82) is 0 Å². The largest absolute Gasteiger partial charge is 0.310 e. The SMILES string of the molecule is CCNC(Cc1cc(F)cc(F)c1)c1cccc(Cl)c1C. The summed E-state index contributed by atoms with van der Waals surface area (Å²) in [6.45, 7) is 4.71. The van der Waals surface area contributed by atoms with Crippen molar-refractivity contribution in [3.8, 4) is 0 Å². The topological polar surface area (TPSA) is 12.0 Å². The maximum absolute atomic E-state index is 13.3. The Morgan fingerprint density at radius 1 is 1.14 bits per heavy atom. The van der Waals surface area contributed by atoms with Crippen LogP contribution in [0.3, 0.4) is 0 Å². The molecular weight excluding hydrogens is 292 g/mol. The van der Waals surface area contributed by atoms with Gasteiger partial charge in [0.05, 0.1) is 0 Å². The molecule has 0 heterocycles. The van der Waals surface area contributed by atoms with Crippen molar-refractivity contribution < 1.29 is 8.78 Å². The van der Waals surface area contributed by atoms with Gasteiger partial charge in [-0.3, -0.25) is 0 Å². The van der Waals surface area contributed by atoms with Gasteiger partial charge >= 0.3 is 0 Å². The molecule has 0 bridgehead atoms. The Morgan fingerprint density at radius 3 is 2.43 bits per heavy atom. The third kappa shape index (κ3) is 4.02. The highest BCUT2D eigenvalue weighted by atomic mass is 35.5. The molecule has 0 aliphatic carbocycles. The van der Waals surface area contributed by atoms with Gasteiger partial charge in [-0.2, -0.15) is 0 Å². The average molecular weight is 310 g/mol. The lowest BCUT2D eigenvalue weighted by atomic mass is 9.95. The minimum atomic E-state index is -0.553. The van der Waals surface area contributed by atoms with Crippen LogP contribution in [0.4, 0.5) is 8.78 Å². The summed E-state index contributed by atoms with van der Waals surface area (Å²) in [6.07, 6.45) is 0.504. The van der Waals surface area contributed by atoms with E-state index in [2.05, 4.69) is 5.32 Å². The molecule has 112 valence electrons. The van der Waals surface area contributed by atoms with Crippen molar-refractivity contribution in [2.24, 2.45) is 0 Å². The molecule has 1 atom stereocenters. The first-order valence-electron chi connectivity index (χ1n) is 6.94. The summed E-state index contributed by atoms with van der Waals surface area (Å²) >= 11 is 6.16. The summed E-state index contributed by atoms with van der Waals surface area (Å²) in [5, 5.41) is 4.05. The molecule has 0 aliphatic rings. The van der Waals surface area contributed by atoms with Crippen LogP contribution in [0.1, 0.15) is 29.7 Å². The summed E-state index contributed by atoms with van der Waals surface area (Å²) in [6, 6.07) is 9.31. The van der Waals surface area contributed by atoms with Gasteiger partial charge in [0, 0.05) is 17.1 Å². The van der Waals surface area contributed by atoms with Gasteiger partial charge in [-0.15, -0.1) is 0 Å². The second-order valence-corrected chi connectivity index (χ2v) is 5.45. The zero-order chi connectivity index (χ0) is 15.4. The lowest BCUT2D eigenvalue weighted by Crippen LogP contribution is -2.24. The summed E-state index contributed by atoms with van der Waals surface area (Å²) in [4.78, 5) is 0. The third-order valence-electron chi connectivity index (χ3n) is 3.50. The molecule has 0 fully saturated rings. The van der Waals surface area contributed by atoms with E-state index in [9.17, 15) is 8.78 Å². The van der Waals surface area contributed by atoms with Gasteiger partial charge < -0.3 is 5.32 Å². The molecule has 0 aliphatic heterocycles. The summed E-state index contributed by atoms with van der Waals surface area (Å²) in [5.74, 6) is -1.11. The van der Waals surface area contributed by atoms with Gasteiger partial charge in [0.2, 0.25) is 0 Å². The van der Waals surface area contributed by atoms with E-state index in [-0.39, 0.29) is 6.04 Å². The summed E-state index contributed by atoms with van der Waals surface area (Å²) in [5.41, 5.74) is 2.66. The molecule has 0 saturated carbocycles. The highest BCUT2D eigenvalue weighted by molar-refractivity contribution is 6.31. The second kappa shape index (κ2) is 7.01. The van der Waals surface area contributed by atoms with E-state index in [4.69, 9.17) is 11.6 Å². The Morgan fingerprint density at radius 2 is 1.81 bits per heavy atom. The maximum atomic E-state index is 13.3. The first kappa shape index (κ1) is 15.9. The molecule has 0 amide bonds. The molecule has 0 spiro atoms. The molecule has 1 N–H and O–H groups in total. The smallest absolute Gasteiger partial charge is 0.126 e. The molecular formula is C17H18ClF2N. The van der Waals surface area contributed by atoms with E-state index in [1.165, 1.54) is 12.1 Å². The normalized spacial score (nSPS) is 12.4. The molecule has 0 aromatic heterocycles. The van der Waals surface area contributed by atoms with Gasteiger partial charge in [0.25, 0.3) is 0 Å². The fourth-order valence-corrected chi connectivity index (χ4v) is 2.69. The number of hydrogen-bond acceptors (Lipinski definition) is 1. The number of benzene rings is 2. The number of rotatable bonds is 5. The van der Waals surface area contributed by atoms with Crippen LogP contribution in [0.15, 0.2) is 36.4 Å². The summed E-state index contributed by atoms with van der Waals surface area (Å²) < 4.78 is 26.7. The standard InChI is InChI=1S/C17H18ClF2N/c1-3-21-17(15-5-4-6-16(18)11(15)2)9-12-7-13(19)10-14(20)8-12/h4-8,10,17,21H,3,9H2,1-2H3. The molecule has 1 nitrogen and oxygen atoms in total. The molecule has 0 radical (unpaired) electrons. The Hall–Kier alpha value is -1.45. The molecule has 1 unspecified atom stereocenters. The number of nitrogens with one attached hydrogen (secondary N) is 1. The predicted octanol–water partition coefficient (Wildman–Crippen LogP) is 4.82. The fraction of sp³-hybridized carbons (Fsp3) is 0.294. The van der Waals surface area contributed by atoms with Gasteiger partial charge in [0.15, 0.2) is 0 Å². The molecule has 2 rings (SSSR count). The Labute approximate surface area is 128 Å². The number of likely N-dealkylation sites (N-methyl/N-ethyl adjacent to an activating group) is 1. The molecule has 21 heavy (non-hydrogen) atoms. The van der Waals surface area contributed by atoms with Crippen molar-refractivity contribution in [1.82, 2.24) is 5.32 Å². The van der Waals surface area contributed by atoms with Crippen LogP contribution in [-0.2, 0) is 6.42 Å². The van der Waals surface area contributed by atoms with Crippen molar-refractivity contribution in [3.05, 3.63) is 69.7 Å². The van der Waals surface area contributed by atoms with Crippen LogP contribution in [0, 0.1) is 18.6 Å². The Kier molecular flexibility index (Phi) is 5.32. The van der Waals surface area contributed by atoms with Gasteiger partial charge in [-0.1, -0.05) is 30.7 Å². The predicted molar refractivity (Wildman–Crippen MR) is 82.7 cm³/mol. The monoisotopic (exact) mass is 309 g/mol. The lowest BCUT2D eigenvalue weighted by molar-refractivity contribution is 0.537. The van der Waals surface area contributed by atoms with E-state index in [0.29, 0.717) is 17.0 Å². The van der Waals surface area contributed by atoms with E-state index in [0.717, 1.165) is 23.7 Å². The van der Waals surface area contributed by atoms with E-state index >= 15 is 0 Å². The summed E-state index contributed by atoms with van der Waals surface area (Å²) in [7, 11) is 0. The van der Waals surface area contributed by atoms with Crippen LogP contribution in [0.25, 0.3) is 0 Å². The first-order valence-corrected chi connectivity index (χ1v) is 7.32. The minimum absolute atomic E-state index is 0.0325. The number of hydrogen-bond donors (Lipinski definition) is 1. The third-order valence-corrected chi connectivity index (χ3v) is 3.91. The lowest BCUT2D eigenvalue weighted by Gasteiger charge is -2.21. The van der Waals surface area contributed by atoms with E-state index in [1.54, 1.807) is 0 Å². The van der Waals surface area contributed by atoms with Gasteiger partial charge in [0.1, 0.15) is 11.6 Å². The van der Waals surface area contributed by atoms with Crippen LogP contribution in [-0.4, -0.2) is 6.54 Å². The molecule has 2 aromatic rings. The molecule has 2 aromatic carbocycles. The maximum Gasteiger partial charge on any atom is 0.126 e. The average Bonchev–Trinajstić information content (AvgIpc) is 2.40. The molecule has 0 saturated heterocycles. The van der Waals surface area contributed by atoms with Crippen molar-refractivity contribution >= 4 is 11.6 Å². The first-order chi connectivity index (χ1) is 10.0. The van der Waals surface area contributed by atoms with Gasteiger partial charge in [-0.25, -0.2) is 8.78 Å². The highest BCUT2D eigenvalue weighted by Crippen LogP contribution is 2.27. The van der Waals surface area contributed by atoms with Gasteiger partial charge in [-0.05, 0) is 54.8 Å². The molecule has 4 heteroatoms. The van der Waals surface area contributed by atoms with Crippen LogP contribution < -0.4 is 5.32 Å². The van der Waals surface area contributed by atoms with E-state index < -0.39 is 11.6 Å². The van der Waals surface area contributed by atoms with Crippen LogP contribution in [0.5, 0.6) is 0 Å². The van der Waals surface area contributed by atoms with Crippen molar-refractivity contribution in [2.75, 3.05) is 6.54 Å².